The Hall–Kier alpha value is -1.62. The second-order valence-corrected chi connectivity index (χ2v) is 5.84. The van der Waals surface area contributed by atoms with Gasteiger partial charge in [-0.25, -0.2) is 0 Å². The number of methoxy groups -OCH3 is 1. The average Bonchev–Trinajstić information content (AvgIpc) is 2.35. The largest absolute Gasteiger partial charge is 0.496 e. The van der Waals surface area contributed by atoms with Crippen molar-refractivity contribution in [2.75, 3.05) is 20.2 Å². The number of amides is 1. The van der Waals surface area contributed by atoms with E-state index >= 15 is 0 Å². The molecule has 1 aliphatic heterocycles. The SMILES string of the molecule is COc1cc2c(cc1Br)C=C(C(=O)N1CCC1)C(=O)C2. The van der Waals surface area contributed by atoms with Gasteiger partial charge in [0.25, 0.3) is 5.91 Å². The number of nitrogens with zero attached hydrogens (tertiary/aromatic N) is 1. The molecule has 1 heterocycles. The van der Waals surface area contributed by atoms with Gasteiger partial charge in [-0.05, 0) is 51.7 Å². The van der Waals surface area contributed by atoms with Gasteiger partial charge in [-0.15, -0.1) is 0 Å². The molecule has 2 aliphatic rings. The number of Topliss-reactive ketones (excluding diaryl/α,β-unsaturated/α-hetero) is 1. The molecule has 0 unspecified atom stereocenters. The van der Waals surface area contributed by atoms with E-state index in [0.29, 0.717) is 11.3 Å². The second-order valence-electron chi connectivity index (χ2n) is 4.99. The Morgan fingerprint density at radius 3 is 2.70 bits per heavy atom. The lowest BCUT2D eigenvalue weighted by molar-refractivity contribution is -0.132. The quantitative estimate of drug-likeness (QED) is 0.778. The van der Waals surface area contributed by atoms with Crippen LogP contribution in [-0.2, 0) is 16.0 Å². The van der Waals surface area contributed by atoms with Gasteiger partial charge in [-0.1, -0.05) is 0 Å². The number of hydrogen-bond acceptors (Lipinski definition) is 3. The number of hydrogen-bond donors (Lipinski definition) is 0. The third-order valence-electron chi connectivity index (χ3n) is 3.74. The van der Waals surface area contributed by atoms with Crippen LogP contribution in [0.2, 0.25) is 0 Å². The van der Waals surface area contributed by atoms with Gasteiger partial charge in [-0.2, -0.15) is 0 Å². The molecule has 4 nitrogen and oxygen atoms in total. The highest BCUT2D eigenvalue weighted by atomic mass is 79.9. The van der Waals surface area contributed by atoms with E-state index in [2.05, 4.69) is 15.9 Å². The summed E-state index contributed by atoms with van der Waals surface area (Å²) in [4.78, 5) is 26.1. The van der Waals surface area contributed by atoms with E-state index in [0.717, 1.165) is 35.1 Å². The number of halogens is 1. The number of benzene rings is 1. The van der Waals surface area contributed by atoms with Crippen molar-refractivity contribution in [3.8, 4) is 5.75 Å². The zero-order chi connectivity index (χ0) is 14.3. The molecule has 3 rings (SSSR count). The summed E-state index contributed by atoms with van der Waals surface area (Å²) in [6, 6.07) is 3.74. The molecule has 1 aromatic carbocycles. The summed E-state index contributed by atoms with van der Waals surface area (Å²) < 4.78 is 6.05. The van der Waals surface area contributed by atoms with Gasteiger partial charge in [0.1, 0.15) is 5.75 Å². The molecular weight excluding hydrogens is 322 g/mol. The number of ether oxygens (including phenoxy) is 1. The van der Waals surface area contributed by atoms with Crippen molar-refractivity contribution in [3.05, 3.63) is 33.3 Å². The molecule has 20 heavy (non-hydrogen) atoms. The smallest absolute Gasteiger partial charge is 0.257 e. The molecule has 0 atom stereocenters. The summed E-state index contributed by atoms with van der Waals surface area (Å²) in [7, 11) is 1.59. The summed E-state index contributed by atoms with van der Waals surface area (Å²) in [6.45, 7) is 1.51. The molecule has 1 fully saturated rings. The van der Waals surface area contributed by atoms with Crippen LogP contribution in [0.25, 0.3) is 6.08 Å². The highest BCUT2D eigenvalue weighted by Gasteiger charge is 2.30. The van der Waals surface area contributed by atoms with Crippen LogP contribution in [0.15, 0.2) is 22.2 Å². The Morgan fingerprint density at radius 1 is 1.35 bits per heavy atom. The maximum Gasteiger partial charge on any atom is 0.257 e. The third-order valence-corrected chi connectivity index (χ3v) is 4.36. The molecule has 1 aromatic rings. The number of likely N-dealkylation sites (tertiary alicyclic amines) is 1. The van der Waals surface area contributed by atoms with E-state index in [1.165, 1.54) is 0 Å². The normalized spacial score (nSPS) is 17.2. The lowest BCUT2D eigenvalue weighted by atomic mass is 9.90. The minimum absolute atomic E-state index is 0.112. The van der Waals surface area contributed by atoms with Crippen LogP contribution in [-0.4, -0.2) is 36.8 Å². The molecule has 0 bridgehead atoms. The van der Waals surface area contributed by atoms with Gasteiger partial charge >= 0.3 is 0 Å². The second kappa shape index (κ2) is 5.05. The Bertz CT molecular complexity index is 632. The third kappa shape index (κ3) is 2.16. The van der Waals surface area contributed by atoms with Crippen molar-refractivity contribution >= 4 is 33.7 Å². The molecule has 0 radical (unpaired) electrons. The first-order valence-corrected chi connectivity index (χ1v) is 7.30. The molecule has 0 saturated carbocycles. The number of fused-ring (bicyclic) bond motifs is 1. The first-order chi connectivity index (χ1) is 9.60. The predicted octanol–water partition coefficient (Wildman–Crippen LogP) is 2.20. The van der Waals surface area contributed by atoms with Crippen molar-refractivity contribution < 1.29 is 14.3 Å². The summed E-state index contributed by atoms with van der Waals surface area (Å²) >= 11 is 3.43. The number of carbonyl (C=O) groups excluding carboxylic acids is 2. The number of rotatable bonds is 2. The van der Waals surface area contributed by atoms with Gasteiger partial charge in [0, 0.05) is 19.5 Å². The van der Waals surface area contributed by atoms with Gasteiger partial charge in [0.05, 0.1) is 17.2 Å². The van der Waals surface area contributed by atoms with Crippen molar-refractivity contribution in [2.24, 2.45) is 0 Å². The van der Waals surface area contributed by atoms with Crippen LogP contribution in [0.1, 0.15) is 17.5 Å². The van der Waals surface area contributed by atoms with E-state index in [4.69, 9.17) is 4.74 Å². The summed E-state index contributed by atoms with van der Waals surface area (Å²) in [5.41, 5.74) is 2.10. The lowest BCUT2D eigenvalue weighted by Gasteiger charge is -2.32. The first-order valence-electron chi connectivity index (χ1n) is 6.50. The molecule has 0 N–H and O–H groups in total. The van der Waals surface area contributed by atoms with E-state index in [1.54, 1.807) is 18.1 Å². The Morgan fingerprint density at radius 2 is 2.10 bits per heavy atom. The Labute approximate surface area is 125 Å². The molecule has 1 aliphatic carbocycles. The highest BCUT2D eigenvalue weighted by Crippen LogP contribution is 2.33. The van der Waals surface area contributed by atoms with Crippen LogP contribution in [0.5, 0.6) is 5.75 Å². The molecule has 1 amide bonds. The van der Waals surface area contributed by atoms with Crippen LogP contribution >= 0.6 is 15.9 Å². The Balaban J connectivity index is 1.99. The average molecular weight is 336 g/mol. The van der Waals surface area contributed by atoms with Gasteiger partial charge < -0.3 is 9.64 Å². The molecular formula is C15H14BrNO3. The van der Waals surface area contributed by atoms with E-state index in [1.807, 2.05) is 12.1 Å². The summed E-state index contributed by atoms with van der Waals surface area (Å²) in [5, 5.41) is 0. The number of carbonyl (C=O) groups is 2. The Kier molecular flexibility index (Phi) is 3.38. The molecule has 104 valence electrons. The summed E-state index contributed by atoms with van der Waals surface area (Å²) in [6.07, 6.45) is 2.98. The molecule has 0 aromatic heterocycles. The topological polar surface area (TPSA) is 46.6 Å². The van der Waals surface area contributed by atoms with Crippen LogP contribution in [0.4, 0.5) is 0 Å². The zero-order valence-electron chi connectivity index (χ0n) is 11.1. The monoisotopic (exact) mass is 335 g/mol. The van der Waals surface area contributed by atoms with Crippen molar-refractivity contribution in [1.82, 2.24) is 4.90 Å². The van der Waals surface area contributed by atoms with Crippen molar-refractivity contribution in [1.29, 1.82) is 0 Å². The zero-order valence-corrected chi connectivity index (χ0v) is 12.7. The fourth-order valence-corrected chi connectivity index (χ4v) is 2.95. The molecule has 0 spiro atoms. The van der Waals surface area contributed by atoms with E-state index < -0.39 is 0 Å². The maximum atomic E-state index is 12.2. The predicted molar refractivity (Wildman–Crippen MR) is 78.6 cm³/mol. The van der Waals surface area contributed by atoms with E-state index in [-0.39, 0.29) is 18.1 Å². The van der Waals surface area contributed by atoms with Gasteiger partial charge in [-0.3, -0.25) is 9.59 Å². The maximum absolute atomic E-state index is 12.2. The standard InChI is InChI=1S/C15H14BrNO3/c1-20-14-8-10-7-13(18)11(5-9(10)6-12(14)16)15(19)17-3-2-4-17/h5-6,8H,2-4,7H2,1H3. The van der Waals surface area contributed by atoms with Crippen molar-refractivity contribution in [3.63, 3.8) is 0 Å². The highest BCUT2D eigenvalue weighted by molar-refractivity contribution is 9.10. The lowest BCUT2D eigenvalue weighted by Crippen LogP contribution is -2.44. The number of ketones is 1. The van der Waals surface area contributed by atoms with Gasteiger partial charge in [0.15, 0.2) is 5.78 Å². The van der Waals surface area contributed by atoms with Crippen LogP contribution in [0.3, 0.4) is 0 Å². The van der Waals surface area contributed by atoms with Crippen molar-refractivity contribution in [2.45, 2.75) is 12.8 Å². The van der Waals surface area contributed by atoms with E-state index in [9.17, 15) is 9.59 Å². The van der Waals surface area contributed by atoms with Crippen LogP contribution in [0, 0.1) is 0 Å². The minimum atomic E-state index is -0.140. The fourth-order valence-electron chi connectivity index (χ4n) is 2.43. The summed E-state index contributed by atoms with van der Waals surface area (Å²) in [5.74, 6) is 0.445. The first kappa shape index (κ1) is 13.4. The van der Waals surface area contributed by atoms with Crippen LogP contribution < -0.4 is 4.74 Å². The molecule has 5 heteroatoms. The molecule has 1 saturated heterocycles. The fraction of sp³-hybridized carbons (Fsp3) is 0.333. The minimum Gasteiger partial charge on any atom is -0.496 e. The van der Waals surface area contributed by atoms with Gasteiger partial charge in [0.2, 0.25) is 0 Å².